The summed E-state index contributed by atoms with van der Waals surface area (Å²) in [5.74, 6) is 0.725. The second-order valence-electron chi connectivity index (χ2n) is 5.31. The standard InChI is InChI=1S/C15H17ClF3N5/c1-24(2)8-7-20-13-5-6-21-14(23-13)22-12-9-10(15(17,18)19)3-4-11(12)16/h3-6,9H,7-8H2,1-2H3,(H2,20,21,22,23). The van der Waals surface area contributed by atoms with Crippen molar-refractivity contribution in [2.24, 2.45) is 0 Å². The van der Waals surface area contributed by atoms with E-state index in [0.29, 0.717) is 12.4 Å². The molecule has 0 unspecified atom stereocenters. The van der Waals surface area contributed by atoms with Crippen molar-refractivity contribution in [3.8, 4) is 0 Å². The molecule has 0 saturated carbocycles. The zero-order valence-electron chi connectivity index (χ0n) is 13.2. The molecule has 0 aliphatic rings. The zero-order valence-corrected chi connectivity index (χ0v) is 13.9. The summed E-state index contributed by atoms with van der Waals surface area (Å²) >= 11 is 5.95. The summed E-state index contributed by atoms with van der Waals surface area (Å²) < 4.78 is 38.4. The molecule has 0 fully saturated rings. The van der Waals surface area contributed by atoms with Gasteiger partial charge in [0.2, 0.25) is 5.95 Å². The predicted molar refractivity (Wildman–Crippen MR) is 88.8 cm³/mol. The van der Waals surface area contributed by atoms with Crippen LogP contribution < -0.4 is 10.6 Å². The first-order valence-corrected chi connectivity index (χ1v) is 7.49. The second kappa shape index (κ2) is 7.67. The van der Waals surface area contributed by atoms with Crippen molar-refractivity contribution in [3.05, 3.63) is 41.0 Å². The molecule has 1 aromatic heterocycles. The highest BCUT2D eigenvalue weighted by Crippen LogP contribution is 2.34. The third kappa shape index (κ3) is 5.24. The van der Waals surface area contributed by atoms with Crippen molar-refractivity contribution < 1.29 is 13.2 Å². The largest absolute Gasteiger partial charge is 0.416 e. The maximum atomic E-state index is 12.8. The number of alkyl halides is 3. The molecule has 24 heavy (non-hydrogen) atoms. The van der Waals surface area contributed by atoms with Crippen molar-refractivity contribution in [1.82, 2.24) is 14.9 Å². The number of benzene rings is 1. The number of hydrogen-bond donors (Lipinski definition) is 2. The molecule has 0 aliphatic heterocycles. The van der Waals surface area contributed by atoms with Gasteiger partial charge in [0.25, 0.3) is 0 Å². The molecule has 0 saturated heterocycles. The Morgan fingerprint density at radius 3 is 2.62 bits per heavy atom. The lowest BCUT2D eigenvalue weighted by atomic mass is 10.2. The van der Waals surface area contributed by atoms with E-state index in [1.54, 1.807) is 6.07 Å². The van der Waals surface area contributed by atoms with Crippen LogP contribution in [0.25, 0.3) is 0 Å². The molecule has 5 nitrogen and oxygen atoms in total. The van der Waals surface area contributed by atoms with Gasteiger partial charge < -0.3 is 15.5 Å². The Morgan fingerprint density at radius 2 is 1.96 bits per heavy atom. The first-order valence-electron chi connectivity index (χ1n) is 7.11. The quantitative estimate of drug-likeness (QED) is 0.820. The summed E-state index contributed by atoms with van der Waals surface area (Å²) in [6.45, 7) is 1.49. The van der Waals surface area contributed by atoms with Crippen LogP contribution in [0, 0.1) is 0 Å². The summed E-state index contributed by atoms with van der Waals surface area (Å²) in [5.41, 5.74) is -0.702. The maximum Gasteiger partial charge on any atom is 0.416 e. The molecule has 1 heterocycles. The van der Waals surface area contributed by atoms with Gasteiger partial charge in [-0.15, -0.1) is 0 Å². The van der Waals surface area contributed by atoms with Crippen molar-refractivity contribution in [3.63, 3.8) is 0 Å². The molecular weight excluding hydrogens is 343 g/mol. The second-order valence-corrected chi connectivity index (χ2v) is 5.72. The summed E-state index contributed by atoms with van der Waals surface area (Å²) in [7, 11) is 3.90. The van der Waals surface area contributed by atoms with Gasteiger partial charge >= 0.3 is 6.18 Å². The molecule has 2 rings (SSSR count). The summed E-state index contributed by atoms with van der Waals surface area (Å²) in [4.78, 5) is 10.2. The summed E-state index contributed by atoms with van der Waals surface area (Å²) in [6, 6.07) is 4.71. The van der Waals surface area contributed by atoms with Crippen LogP contribution in [-0.4, -0.2) is 42.1 Å². The molecule has 0 aliphatic carbocycles. The number of likely N-dealkylation sites (N-methyl/N-ethyl adjacent to an activating group) is 1. The Labute approximate surface area is 142 Å². The van der Waals surface area contributed by atoms with E-state index in [-0.39, 0.29) is 16.7 Å². The van der Waals surface area contributed by atoms with Gasteiger partial charge in [-0.25, -0.2) is 4.98 Å². The lowest BCUT2D eigenvalue weighted by molar-refractivity contribution is -0.137. The van der Waals surface area contributed by atoms with E-state index >= 15 is 0 Å². The first-order chi connectivity index (χ1) is 11.3. The van der Waals surface area contributed by atoms with E-state index in [2.05, 4.69) is 20.6 Å². The lowest BCUT2D eigenvalue weighted by Gasteiger charge is -2.13. The number of nitrogens with one attached hydrogen (secondary N) is 2. The van der Waals surface area contributed by atoms with Gasteiger partial charge in [0, 0.05) is 19.3 Å². The minimum absolute atomic E-state index is 0.0944. The molecule has 2 N–H and O–H groups in total. The van der Waals surface area contributed by atoms with E-state index < -0.39 is 11.7 Å². The minimum atomic E-state index is -4.45. The van der Waals surface area contributed by atoms with Crippen LogP contribution in [0.2, 0.25) is 5.02 Å². The Morgan fingerprint density at radius 1 is 1.21 bits per heavy atom. The molecule has 0 atom stereocenters. The highest BCUT2D eigenvalue weighted by Gasteiger charge is 2.31. The molecular formula is C15H17ClF3N5. The van der Waals surface area contributed by atoms with Crippen LogP contribution >= 0.6 is 11.6 Å². The van der Waals surface area contributed by atoms with Crippen LogP contribution in [0.4, 0.5) is 30.6 Å². The number of anilines is 3. The third-order valence-corrected chi connectivity index (χ3v) is 3.39. The number of nitrogens with zero attached hydrogens (tertiary/aromatic N) is 3. The van der Waals surface area contributed by atoms with Gasteiger partial charge in [0.1, 0.15) is 5.82 Å². The SMILES string of the molecule is CN(C)CCNc1ccnc(Nc2cc(C(F)(F)F)ccc2Cl)n1. The van der Waals surface area contributed by atoms with Gasteiger partial charge in [-0.3, -0.25) is 0 Å². The minimum Gasteiger partial charge on any atom is -0.369 e. The molecule has 9 heteroatoms. The number of rotatable bonds is 6. The average Bonchev–Trinajstić information content (AvgIpc) is 2.48. The smallest absolute Gasteiger partial charge is 0.369 e. The lowest BCUT2D eigenvalue weighted by Crippen LogP contribution is -2.21. The van der Waals surface area contributed by atoms with Crippen molar-refractivity contribution in [2.75, 3.05) is 37.8 Å². The molecule has 0 amide bonds. The van der Waals surface area contributed by atoms with Crippen LogP contribution in [-0.2, 0) is 6.18 Å². The predicted octanol–water partition coefficient (Wildman–Crippen LogP) is 3.87. The molecule has 2 aromatic rings. The van der Waals surface area contributed by atoms with E-state index in [9.17, 15) is 13.2 Å². The number of hydrogen-bond acceptors (Lipinski definition) is 5. The Hall–Kier alpha value is -2.06. The summed E-state index contributed by atoms with van der Waals surface area (Å²) in [5, 5.41) is 5.98. The van der Waals surface area contributed by atoms with Crippen molar-refractivity contribution in [2.45, 2.75) is 6.18 Å². The first kappa shape index (κ1) is 18.3. The van der Waals surface area contributed by atoms with E-state index in [4.69, 9.17) is 11.6 Å². The fraction of sp³-hybridized carbons (Fsp3) is 0.333. The zero-order chi connectivity index (χ0) is 17.7. The van der Waals surface area contributed by atoms with Crippen LogP contribution in [0.3, 0.4) is 0 Å². The van der Waals surface area contributed by atoms with Gasteiger partial charge in [-0.05, 0) is 38.4 Å². The molecule has 0 spiro atoms. The number of halogens is 4. The van der Waals surface area contributed by atoms with E-state index in [1.807, 2.05) is 19.0 Å². The van der Waals surface area contributed by atoms with Crippen LogP contribution in [0.15, 0.2) is 30.5 Å². The number of aromatic nitrogens is 2. The highest BCUT2D eigenvalue weighted by atomic mass is 35.5. The normalized spacial score (nSPS) is 11.6. The van der Waals surface area contributed by atoms with Gasteiger partial charge in [0.05, 0.1) is 16.3 Å². The maximum absolute atomic E-state index is 12.8. The van der Waals surface area contributed by atoms with E-state index in [1.165, 1.54) is 12.3 Å². The van der Waals surface area contributed by atoms with E-state index in [0.717, 1.165) is 18.7 Å². The monoisotopic (exact) mass is 359 g/mol. The molecule has 130 valence electrons. The summed E-state index contributed by atoms with van der Waals surface area (Å²) in [6.07, 6.45) is -2.94. The van der Waals surface area contributed by atoms with Gasteiger partial charge in [0.15, 0.2) is 0 Å². The van der Waals surface area contributed by atoms with Gasteiger partial charge in [-0.1, -0.05) is 11.6 Å². The molecule has 0 bridgehead atoms. The Bertz CT molecular complexity index is 691. The van der Waals surface area contributed by atoms with Crippen LogP contribution in [0.5, 0.6) is 0 Å². The fourth-order valence-electron chi connectivity index (χ4n) is 1.84. The van der Waals surface area contributed by atoms with Crippen molar-refractivity contribution in [1.29, 1.82) is 0 Å². The third-order valence-electron chi connectivity index (χ3n) is 3.06. The highest BCUT2D eigenvalue weighted by molar-refractivity contribution is 6.33. The Balaban J connectivity index is 2.13. The average molecular weight is 360 g/mol. The van der Waals surface area contributed by atoms with Gasteiger partial charge in [-0.2, -0.15) is 18.2 Å². The molecule has 0 radical (unpaired) electrons. The van der Waals surface area contributed by atoms with Crippen molar-refractivity contribution >= 4 is 29.1 Å². The van der Waals surface area contributed by atoms with Crippen LogP contribution in [0.1, 0.15) is 5.56 Å². The Kier molecular flexibility index (Phi) is 5.84. The topological polar surface area (TPSA) is 53.1 Å². The fourth-order valence-corrected chi connectivity index (χ4v) is 2.01. The molecule has 1 aromatic carbocycles.